The van der Waals surface area contributed by atoms with Crippen LogP contribution in [-0.4, -0.2) is 11.4 Å². The molecule has 0 atom stereocenters. The van der Waals surface area contributed by atoms with Gasteiger partial charge in [0.25, 0.3) is 5.91 Å². The van der Waals surface area contributed by atoms with Crippen LogP contribution < -0.4 is 5.32 Å². The molecule has 2 bridgehead atoms. The lowest BCUT2D eigenvalue weighted by Gasteiger charge is -2.61. The summed E-state index contributed by atoms with van der Waals surface area (Å²) in [5.41, 5.74) is 2.07. The van der Waals surface area contributed by atoms with Crippen LogP contribution in [0.25, 0.3) is 0 Å². The maximum atomic E-state index is 12.0. The Bertz CT molecular complexity index is 452. The Morgan fingerprint density at radius 2 is 2.12 bits per heavy atom. The summed E-state index contributed by atoms with van der Waals surface area (Å²) in [6, 6.07) is 5.76. The molecular weight excluding hydrogens is 266 g/mol. The fourth-order valence-corrected chi connectivity index (χ4v) is 3.06. The molecule has 3 fully saturated rings. The minimum atomic E-state index is 0.0684. The number of aryl methyl sites for hydroxylation is 1. The van der Waals surface area contributed by atoms with Crippen LogP contribution in [-0.2, 0) is 0 Å². The summed E-state index contributed by atoms with van der Waals surface area (Å²) < 4.78 is 0.998. The van der Waals surface area contributed by atoms with Gasteiger partial charge in [0.1, 0.15) is 0 Å². The van der Waals surface area contributed by atoms with E-state index in [0.717, 1.165) is 21.5 Å². The monoisotopic (exact) mass is 279 g/mol. The molecule has 4 rings (SSSR count). The third-order valence-electron chi connectivity index (χ3n) is 3.85. The van der Waals surface area contributed by atoms with E-state index in [0.29, 0.717) is 0 Å². The van der Waals surface area contributed by atoms with E-state index in [4.69, 9.17) is 0 Å². The highest BCUT2D eigenvalue weighted by Crippen LogP contribution is 2.56. The Morgan fingerprint density at radius 3 is 2.62 bits per heavy atom. The van der Waals surface area contributed by atoms with Crippen molar-refractivity contribution in [1.29, 1.82) is 0 Å². The minimum absolute atomic E-state index is 0.0684. The van der Waals surface area contributed by atoms with Crippen molar-refractivity contribution in [3.05, 3.63) is 33.8 Å². The lowest BCUT2D eigenvalue weighted by atomic mass is 9.50. The molecule has 0 aliphatic heterocycles. The van der Waals surface area contributed by atoms with Crippen LogP contribution in [0, 0.1) is 12.8 Å². The Balaban J connectivity index is 1.75. The van der Waals surface area contributed by atoms with Gasteiger partial charge in [-0.15, -0.1) is 0 Å². The second kappa shape index (κ2) is 3.33. The smallest absolute Gasteiger partial charge is 0.251 e. The molecule has 3 heteroatoms. The standard InChI is InChI=1S/C13H14BrNO/c1-8-2-3-10(4-11(8)14)12(16)15-13-5-9(6-13)7-13/h2-4,9H,5-7H2,1H3,(H,15,16). The summed E-state index contributed by atoms with van der Waals surface area (Å²) in [6.07, 6.45) is 3.56. The van der Waals surface area contributed by atoms with Gasteiger partial charge in [0.05, 0.1) is 0 Å². The SMILES string of the molecule is Cc1ccc(C(=O)NC23CC(C2)C3)cc1Br. The number of halogens is 1. The van der Waals surface area contributed by atoms with Crippen LogP contribution in [0.3, 0.4) is 0 Å². The molecular formula is C13H14BrNO. The molecule has 84 valence electrons. The van der Waals surface area contributed by atoms with Gasteiger partial charge < -0.3 is 5.32 Å². The van der Waals surface area contributed by atoms with Crippen LogP contribution >= 0.6 is 15.9 Å². The molecule has 1 N–H and O–H groups in total. The van der Waals surface area contributed by atoms with Crippen molar-refractivity contribution >= 4 is 21.8 Å². The van der Waals surface area contributed by atoms with Gasteiger partial charge in [0, 0.05) is 15.6 Å². The average molecular weight is 280 g/mol. The molecule has 1 aromatic rings. The summed E-state index contributed by atoms with van der Waals surface area (Å²) in [5, 5.41) is 3.16. The Hall–Kier alpha value is -0.830. The van der Waals surface area contributed by atoms with Gasteiger partial charge in [-0.2, -0.15) is 0 Å². The second-order valence-electron chi connectivity index (χ2n) is 5.18. The van der Waals surface area contributed by atoms with E-state index in [1.54, 1.807) is 0 Å². The van der Waals surface area contributed by atoms with Gasteiger partial charge in [0.15, 0.2) is 0 Å². The quantitative estimate of drug-likeness (QED) is 0.886. The van der Waals surface area contributed by atoms with E-state index in [1.165, 1.54) is 19.3 Å². The maximum Gasteiger partial charge on any atom is 0.251 e. The van der Waals surface area contributed by atoms with Crippen LogP contribution in [0.15, 0.2) is 22.7 Å². The van der Waals surface area contributed by atoms with Gasteiger partial charge in [-0.1, -0.05) is 22.0 Å². The minimum Gasteiger partial charge on any atom is -0.347 e. The van der Waals surface area contributed by atoms with Crippen molar-refractivity contribution in [2.45, 2.75) is 31.7 Å². The Labute approximate surface area is 104 Å². The zero-order chi connectivity index (χ0) is 11.3. The van der Waals surface area contributed by atoms with E-state index in [1.807, 2.05) is 25.1 Å². The lowest BCUT2D eigenvalue weighted by molar-refractivity contribution is -0.0438. The van der Waals surface area contributed by atoms with Crippen molar-refractivity contribution < 1.29 is 4.79 Å². The fraction of sp³-hybridized carbons (Fsp3) is 0.462. The number of hydrogen-bond acceptors (Lipinski definition) is 1. The van der Waals surface area contributed by atoms with Crippen LogP contribution in [0.1, 0.15) is 35.2 Å². The molecule has 1 amide bonds. The molecule has 16 heavy (non-hydrogen) atoms. The highest BCUT2D eigenvalue weighted by atomic mass is 79.9. The van der Waals surface area contributed by atoms with E-state index >= 15 is 0 Å². The first kappa shape index (κ1) is 10.3. The fourth-order valence-electron chi connectivity index (χ4n) is 2.68. The maximum absolute atomic E-state index is 12.0. The van der Waals surface area contributed by atoms with Gasteiger partial charge >= 0.3 is 0 Å². The largest absolute Gasteiger partial charge is 0.347 e. The van der Waals surface area contributed by atoms with E-state index < -0.39 is 0 Å². The van der Waals surface area contributed by atoms with Gasteiger partial charge in [-0.05, 0) is 49.8 Å². The normalized spacial score (nSPS) is 30.2. The van der Waals surface area contributed by atoms with Gasteiger partial charge in [-0.3, -0.25) is 4.79 Å². The first-order valence-electron chi connectivity index (χ1n) is 5.67. The van der Waals surface area contributed by atoms with Crippen LogP contribution in [0.2, 0.25) is 0 Å². The van der Waals surface area contributed by atoms with Gasteiger partial charge in [0.2, 0.25) is 0 Å². The number of carbonyl (C=O) groups excluding carboxylic acids is 1. The zero-order valence-electron chi connectivity index (χ0n) is 9.22. The summed E-state index contributed by atoms with van der Waals surface area (Å²) in [6.45, 7) is 2.02. The number of hydrogen-bond donors (Lipinski definition) is 1. The molecule has 3 saturated carbocycles. The molecule has 0 aromatic heterocycles. The molecule has 0 unspecified atom stereocenters. The van der Waals surface area contributed by atoms with Crippen LogP contribution in [0.4, 0.5) is 0 Å². The third kappa shape index (κ3) is 1.49. The van der Waals surface area contributed by atoms with E-state index in [9.17, 15) is 4.79 Å². The van der Waals surface area contributed by atoms with Crippen LogP contribution in [0.5, 0.6) is 0 Å². The first-order chi connectivity index (χ1) is 7.58. The number of rotatable bonds is 2. The molecule has 1 aromatic carbocycles. The molecule has 0 radical (unpaired) electrons. The number of benzene rings is 1. The van der Waals surface area contributed by atoms with Crippen molar-refractivity contribution in [3.63, 3.8) is 0 Å². The molecule has 0 spiro atoms. The predicted molar refractivity (Wildman–Crippen MR) is 66.4 cm³/mol. The Morgan fingerprint density at radius 1 is 1.44 bits per heavy atom. The second-order valence-corrected chi connectivity index (χ2v) is 6.03. The topological polar surface area (TPSA) is 29.1 Å². The molecule has 0 heterocycles. The highest BCUT2D eigenvalue weighted by Gasteiger charge is 2.57. The third-order valence-corrected chi connectivity index (χ3v) is 4.71. The predicted octanol–water partition coefficient (Wildman–Crippen LogP) is 3.04. The molecule has 3 aliphatic rings. The summed E-state index contributed by atoms with van der Waals surface area (Å²) in [4.78, 5) is 12.0. The average Bonchev–Trinajstić information content (AvgIpc) is 2.13. The van der Waals surface area contributed by atoms with Crippen molar-refractivity contribution in [2.75, 3.05) is 0 Å². The summed E-state index contributed by atoms with van der Waals surface area (Å²) in [7, 11) is 0. The summed E-state index contributed by atoms with van der Waals surface area (Å²) in [5.74, 6) is 0.962. The van der Waals surface area contributed by atoms with E-state index in [-0.39, 0.29) is 11.4 Å². The highest BCUT2D eigenvalue weighted by molar-refractivity contribution is 9.10. The number of amides is 1. The zero-order valence-corrected chi connectivity index (χ0v) is 10.8. The Kier molecular flexibility index (Phi) is 2.15. The van der Waals surface area contributed by atoms with Gasteiger partial charge in [-0.25, -0.2) is 0 Å². The molecule has 0 saturated heterocycles. The lowest BCUT2D eigenvalue weighted by Crippen LogP contribution is -2.68. The number of carbonyl (C=O) groups is 1. The molecule has 2 nitrogen and oxygen atoms in total. The number of nitrogens with one attached hydrogen (secondary N) is 1. The van der Waals surface area contributed by atoms with E-state index in [2.05, 4.69) is 21.2 Å². The van der Waals surface area contributed by atoms with Crippen molar-refractivity contribution in [2.24, 2.45) is 5.92 Å². The van der Waals surface area contributed by atoms with Crippen molar-refractivity contribution in [3.8, 4) is 0 Å². The summed E-state index contributed by atoms with van der Waals surface area (Å²) >= 11 is 3.45. The first-order valence-corrected chi connectivity index (χ1v) is 6.46. The molecule has 3 aliphatic carbocycles. The van der Waals surface area contributed by atoms with Crippen molar-refractivity contribution in [1.82, 2.24) is 5.32 Å².